The van der Waals surface area contributed by atoms with E-state index in [9.17, 15) is 4.79 Å². The average Bonchev–Trinajstić information content (AvgIpc) is 2.94. The Morgan fingerprint density at radius 3 is 2.68 bits per heavy atom. The van der Waals surface area contributed by atoms with Crippen molar-refractivity contribution in [2.24, 2.45) is 7.05 Å². The van der Waals surface area contributed by atoms with Crippen LogP contribution >= 0.6 is 0 Å². The minimum absolute atomic E-state index is 0.217. The molecule has 1 aromatic carbocycles. The van der Waals surface area contributed by atoms with E-state index in [4.69, 9.17) is 0 Å². The minimum Gasteiger partial charge on any atom is -0.321 e. The third-order valence-corrected chi connectivity index (χ3v) is 3.36. The second-order valence-corrected chi connectivity index (χ2v) is 5.04. The van der Waals surface area contributed by atoms with Gasteiger partial charge in [-0.3, -0.25) is 9.48 Å². The van der Waals surface area contributed by atoms with Gasteiger partial charge in [0.1, 0.15) is 5.69 Å². The molecule has 5 nitrogen and oxygen atoms in total. The van der Waals surface area contributed by atoms with Crippen molar-refractivity contribution in [3.8, 4) is 11.3 Å². The molecule has 3 rings (SSSR count). The third-order valence-electron chi connectivity index (χ3n) is 3.36. The van der Waals surface area contributed by atoms with E-state index in [0.29, 0.717) is 5.69 Å². The molecule has 0 radical (unpaired) electrons. The van der Waals surface area contributed by atoms with Gasteiger partial charge in [-0.2, -0.15) is 5.10 Å². The van der Waals surface area contributed by atoms with E-state index in [0.717, 1.165) is 22.6 Å². The number of hydrogen-bond donors (Lipinski definition) is 1. The molecule has 0 saturated carbocycles. The van der Waals surface area contributed by atoms with Crippen molar-refractivity contribution in [3.05, 3.63) is 66.1 Å². The van der Waals surface area contributed by atoms with Gasteiger partial charge >= 0.3 is 0 Å². The zero-order valence-electron chi connectivity index (χ0n) is 12.4. The molecule has 2 aromatic heterocycles. The Kier molecular flexibility index (Phi) is 3.70. The predicted molar refractivity (Wildman–Crippen MR) is 85.6 cm³/mol. The second-order valence-electron chi connectivity index (χ2n) is 5.04. The lowest BCUT2D eigenvalue weighted by molar-refractivity contribution is 0.102. The SMILES string of the molecule is Cc1cccc(C(=O)Nc2cccc(-c3ccnn3C)c2)n1. The highest BCUT2D eigenvalue weighted by Gasteiger charge is 2.09. The van der Waals surface area contributed by atoms with Crippen molar-refractivity contribution in [1.29, 1.82) is 0 Å². The highest BCUT2D eigenvalue weighted by molar-refractivity contribution is 6.03. The van der Waals surface area contributed by atoms with Crippen molar-refractivity contribution in [2.45, 2.75) is 6.92 Å². The molecule has 22 heavy (non-hydrogen) atoms. The molecule has 0 aliphatic carbocycles. The van der Waals surface area contributed by atoms with Crippen LogP contribution in [0.3, 0.4) is 0 Å². The monoisotopic (exact) mass is 292 g/mol. The first kappa shape index (κ1) is 14.0. The first-order chi connectivity index (χ1) is 10.6. The summed E-state index contributed by atoms with van der Waals surface area (Å²) in [7, 11) is 1.89. The van der Waals surface area contributed by atoms with Gasteiger partial charge < -0.3 is 5.32 Å². The van der Waals surface area contributed by atoms with Gasteiger partial charge in [0.15, 0.2) is 0 Å². The lowest BCUT2D eigenvalue weighted by Crippen LogP contribution is -2.14. The van der Waals surface area contributed by atoms with Crippen LogP contribution in [0.25, 0.3) is 11.3 Å². The molecule has 0 fully saturated rings. The van der Waals surface area contributed by atoms with Gasteiger partial charge in [-0.25, -0.2) is 4.98 Å². The number of aryl methyl sites for hydroxylation is 2. The number of aromatic nitrogens is 3. The molecule has 0 aliphatic heterocycles. The Balaban J connectivity index is 1.84. The van der Waals surface area contributed by atoms with E-state index in [1.807, 2.05) is 56.4 Å². The highest BCUT2D eigenvalue weighted by Crippen LogP contribution is 2.22. The lowest BCUT2D eigenvalue weighted by atomic mass is 10.1. The molecule has 0 saturated heterocycles. The van der Waals surface area contributed by atoms with E-state index >= 15 is 0 Å². The fraction of sp³-hybridized carbons (Fsp3) is 0.118. The molecule has 2 heterocycles. The van der Waals surface area contributed by atoms with Crippen LogP contribution in [0.15, 0.2) is 54.7 Å². The number of nitrogens with one attached hydrogen (secondary N) is 1. The summed E-state index contributed by atoms with van der Waals surface area (Å²) in [6, 6.07) is 15.0. The van der Waals surface area contributed by atoms with Crippen LogP contribution in [0.5, 0.6) is 0 Å². The second kappa shape index (κ2) is 5.81. The zero-order valence-corrected chi connectivity index (χ0v) is 12.4. The van der Waals surface area contributed by atoms with Gasteiger partial charge in [0.2, 0.25) is 0 Å². The summed E-state index contributed by atoms with van der Waals surface area (Å²) in [5.41, 5.74) is 3.94. The first-order valence-corrected chi connectivity index (χ1v) is 6.97. The van der Waals surface area contributed by atoms with Crippen molar-refractivity contribution in [3.63, 3.8) is 0 Å². The van der Waals surface area contributed by atoms with Gasteiger partial charge in [0.05, 0.1) is 5.69 Å². The Bertz CT molecular complexity index is 823. The number of pyridine rings is 1. The summed E-state index contributed by atoms with van der Waals surface area (Å²) in [4.78, 5) is 16.5. The Labute approximate surface area is 128 Å². The van der Waals surface area contributed by atoms with Crippen LogP contribution < -0.4 is 5.32 Å². The molecule has 1 amide bonds. The van der Waals surface area contributed by atoms with Crippen molar-refractivity contribution in [2.75, 3.05) is 5.32 Å². The highest BCUT2D eigenvalue weighted by atomic mass is 16.1. The van der Waals surface area contributed by atoms with E-state index in [-0.39, 0.29) is 5.91 Å². The number of amides is 1. The maximum atomic E-state index is 12.2. The molecule has 0 atom stereocenters. The number of rotatable bonds is 3. The number of nitrogens with zero attached hydrogens (tertiary/aromatic N) is 3. The quantitative estimate of drug-likeness (QED) is 0.807. The molecule has 1 N–H and O–H groups in total. The van der Waals surface area contributed by atoms with Crippen LogP contribution in [0.2, 0.25) is 0 Å². The summed E-state index contributed by atoms with van der Waals surface area (Å²) in [5, 5.41) is 7.04. The largest absolute Gasteiger partial charge is 0.321 e. The zero-order chi connectivity index (χ0) is 15.5. The van der Waals surface area contributed by atoms with E-state index < -0.39 is 0 Å². The van der Waals surface area contributed by atoms with E-state index in [1.165, 1.54) is 0 Å². The summed E-state index contributed by atoms with van der Waals surface area (Å²) in [6.07, 6.45) is 1.75. The lowest BCUT2D eigenvalue weighted by Gasteiger charge is -2.08. The fourth-order valence-electron chi connectivity index (χ4n) is 2.28. The molecular weight excluding hydrogens is 276 g/mol. The number of carbonyl (C=O) groups excluding carboxylic acids is 1. The van der Waals surface area contributed by atoms with Gasteiger partial charge in [-0.05, 0) is 37.3 Å². The minimum atomic E-state index is -0.217. The Hall–Kier alpha value is -2.95. The van der Waals surface area contributed by atoms with Crippen LogP contribution in [-0.4, -0.2) is 20.7 Å². The van der Waals surface area contributed by atoms with E-state index in [1.54, 1.807) is 16.9 Å². The number of anilines is 1. The number of hydrogen-bond acceptors (Lipinski definition) is 3. The van der Waals surface area contributed by atoms with Crippen molar-refractivity contribution in [1.82, 2.24) is 14.8 Å². The Morgan fingerprint density at radius 2 is 1.95 bits per heavy atom. The molecule has 0 aliphatic rings. The van der Waals surface area contributed by atoms with Crippen LogP contribution in [0.4, 0.5) is 5.69 Å². The maximum absolute atomic E-state index is 12.2. The van der Waals surface area contributed by atoms with Crippen LogP contribution in [0, 0.1) is 6.92 Å². The van der Waals surface area contributed by atoms with Crippen molar-refractivity contribution >= 4 is 11.6 Å². The fourth-order valence-corrected chi connectivity index (χ4v) is 2.28. The molecule has 0 unspecified atom stereocenters. The topological polar surface area (TPSA) is 59.8 Å². The summed E-state index contributed by atoms with van der Waals surface area (Å²) in [6.45, 7) is 1.86. The molecule has 3 aromatic rings. The van der Waals surface area contributed by atoms with Gasteiger partial charge in [0.25, 0.3) is 5.91 Å². The summed E-state index contributed by atoms with van der Waals surface area (Å²) < 4.78 is 1.79. The van der Waals surface area contributed by atoms with Crippen molar-refractivity contribution < 1.29 is 4.79 Å². The molecule has 0 bridgehead atoms. The first-order valence-electron chi connectivity index (χ1n) is 6.97. The molecular formula is C17H16N4O. The normalized spacial score (nSPS) is 10.5. The van der Waals surface area contributed by atoms with Gasteiger partial charge in [-0.15, -0.1) is 0 Å². The molecule has 110 valence electrons. The molecule has 5 heteroatoms. The van der Waals surface area contributed by atoms with E-state index in [2.05, 4.69) is 15.4 Å². The van der Waals surface area contributed by atoms with Gasteiger partial charge in [-0.1, -0.05) is 18.2 Å². The summed E-state index contributed by atoms with van der Waals surface area (Å²) in [5.74, 6) is -0.217. The summed E-state index contributed by atoms with van der Waals surface area (Å²) >= 11 is 0. The van der Waals surface area contributed by atoms with Crippen LogP contribution in [-0.2, 0) is 7.05 Å². The third kappa shape index (κ3) is 2.88. The smallest absolute Gasteiger partial charge is 0.274 e. The van der Waals surface area contributed by atoms with Crippen LogP contribution in [0.1, 0.15) is 16.2 Å². The number of carbonyl (C=O) groups is 1. The maximum Gasteiger partial charge on any atom is 0.274 e. The molecule has 0 spiro atoms. The average molecular weight is 292 g/mol. The van der Waals surface area contributed by atoms with Gasteiger partial charge in [0, 0.05) is 30.2 Å². The Morgan fingerprint density at radius 1 is 1.14 bits per heavy atom. The number of benzene rings is 1. The predicted octanol–water partition coefficient (Wildman–Crippen LogP) is 3.04. The standard InChI is InChI=1S/C17H16N4O/c1-12-5-3-8-15(19-12)17(22)20-14-7-4-6-13(11-14)16-9-10-18-21(16)2/h3-11H,1-2H3,(H,20,22).